The highest BCUT2D eigenvalue weighted by atomic mass is 32.1. The number of rotatable bonds is 1. The van der Waals surface area contributed by atoms with Gasteiger partial charge in [0.05, 0.1) is 33.8 Å². The number of fused-ring (bicyclic) bond motifs is 1. The highest BCUT2D eigenvalue weighted by Gasteiger charge is 2.03. The van der Waals surface area contributed by atoms with Gasteiger partial charge in [-0.1, -0.05) is 6.07 Å². The molecule has 0 aliphatic rings. The van der Waals surface area contributed by atoms with Crippen LogP contribution in [0.2, 0.25) is 0 Å². The van der Waals surface area contributed by atoms with E-state index in [2.05, 4.69) is 15.0 Å². The lowest BCUT2D eigenvalue weighted by atomic mass is 10.1. The van der Waals surface area contributed by atoms with E-state index in [1.54, 1.807) is 17.5 Å². The van der Waals surface area contributed by atoms with Gasteiger partial charge in [0.2, 0.25) is 0 Å². The fourth-order valence-electron chi connectivity index (χ4n) is 1.54. The number of thiazole rings is 1. The lowest BCUT2D eigenvalue weighted by Crippen LogP contribution is -1.93. The van der Waals surface area contributed by atoms with Gasteiger partial charge in [0, 0.05) is 5.56 Å². The third-order valence-corrected chi connectivity index (χ3v) is 3.09. The molecule has 2 heterocycles. The molecule has 3 rings (SSSR count). The van der Waals surface area contributed by atoms with Crippen molar-refractivity contribution in [3.05, 3.63) is 36.1 Å². The predicted octanol–water partition coefficient (Wildman–Crippen LogP) is 2.34. The molecule has 0 atom stereocenters. The maximum atomic E-state index is 5.60. The van der Waals surface area contributed by atoms with Gasteiger partial charge < -0.3 is 5.73 Å². The van der Waals surface area contributed by atoms with Gasteiger partial charge in [-0.15, -0.1) is 11.3 Å². The van der Waals surface area contributed by atoms with Crippen LogP contribution in [0.1, 0.15) is 0 Å². The Kier molecular flexibility index (Phi) is 2.04. The van der Waals surface area contributed by atoms with E-state index in [-0.39, 0.29) is 0 Å². The van der Waals surface area contributed by atoms with Gasteiger partial charge in [0.1, 0.15) is 5.82 Å². The second kappa shape index (κ2) is 3.53. The smallest absolute Gasteiger partial charge is 0.142 e. The van der Waals surface area contributed by atoms with Crippen molar-refractivity contribution < 1.29 is 0 Å². The molecule has 0 spiro atoms. The van der Waals surface area contributed by atoms with Crippen LogP contribution >= 0.6 is 11.3 Å². The molecule has 78 valence electrons. The van der Waals surface area contributed by atoms with Crippen molar-refractivity contribution in [3.63, 3.8) is 0 Å². The van der Waals surface area contributed by atoms with Gasteiger partial charge in [0.15, 0.2) is 0 Å². The first kappa shape index (κ1) is 9.23. The van der Waals surface area contributed by atoms with E-state index in [0.717, 1.165) is 16.8 Å². The molecular formula is C11H8N4S. The van der Waals surface area contributed by atoms with Crippen LogP contribution in [-0.4, -0.2) is 15.0 Å². The summed E-state index contributed by atoms with van der Waals surface area (Å²) in [6, 6.07) is 6.03. The maximum absolute atomic E-state index is 5.60. The third kappa shape index (κ3) is 1.51. The lowest BCUT2D eigenvalue weighted by Gasteiger charge is -2.00. The highest BCUT2D eigenvalue weighted by molar-refractivity contribution is 7.16. The Balaban J connectivity index is 2.18. The SMILES string of the molecule is Nc1cncc(-c2ccc3scnc3c2)n1. The molecule has 0 saturated heterocycles. The van der Waals surface area contributed by atoms with Crippen molar-refractivity contribution >= 4 is 27.4 Å². The van der Waals surface area contributed by atoms with Crippen molar-refractivity contribution in [2.24, 2.45) is 0 Å². The van der Waals surface area contributed by atoms with Crippen LogP contribution in [0.3, 0.4) is 0 Å². The van der Waals surface area contributed by atoms with Gasteiger partial charge in [-0.05, 0) is 12.1 Å². The van der Waals surface area contributed by atoms with E-state index < -0.39 is 0 Å². The Hall–Kier alpha value is -2.01. The summed E-state index contributed by atoms with van der Waals surface area (Å²) < 4.78 is 1.17. The maximum Gasteiger partial charge on any atom is 0.142 e. The fourth-order valence-corrected chi connectivity index (χ4v) is 2.20. The summed E-state index contributed by atoms with van der Waals surface area (Å²) in [6.45, 7) is 0. The number of anilines is 1. The molecule has 0 aliphatic carbocycles. The van der Waals surface area contributed by atoms with Crippen LogP contribution in [0.5, 0.6) is 0 Å². The molecular weight excluding hydrogens is 220 g/mol. The van der Waals surface area contributed by atoms with Crippen LogP contribution in [-0.2, 0) is 0 Å². The van der Waals surface area contributed by atoms with Gasteiger partial charge in [0.25, 0.3) is 0 Å². The fraction of sp³-hybridized carbons (Fsp3) is 0. The summed E-state index contributed by atoms with van der Waals surface area (Å²) in [7, 11) is 0. The predicted molar refractivity (Wildman–Crippen MR) is 65.1 cm³/mol. The zero-order valence-corrected chi connectivity index (χ0v) is 9.11. The molecule has 1 aromatic carbocycles. The highest BCUT2D eigenvalue weighted by Crippen LogP contribution is 2.24. The standard InChI is InChI=1S/C11H8N4S/c12-11-5-13-4-9(15-11)7-1-2-10-8(3-7)14-6-16-10/h1-6H,(H2,12,15). The molecule has 3 aromatic rings. The number of nitrogens with zero attached hydrogens (tertiary/aromatic N) is 3. The third-order valence-electron chi connectivity index (χ3n) is 2.28. The van der Waals surface area contributed by atoms with Crippen molar-refractivity contribution in [2.75, 3.05) is 5.73 Å². The van der Waals surface area contributed by atoms with E-state index in [1.807, 2.05) is 23.7 Å². The topological polar surface area (TPSA) is 64.7 Å². The monoisotopic (exact) mass is 228 g/mol. The van der Waals surface area contributed by atoms with Gasteiger partial charge in [-0.3, -0.25) is 4.98 Å². The summed E-state index contributed by atoms with van der Waals surface area (Å²) in [5, 5.41) is 0. The van der Waals surface area contributed by atoms with E-state index in [9.17, 15) is 0 Å². The van der Waals surface area contributed by atoms with E-state index >= 15 is 0 Å². The van der Waals surface area contributed by atoms with E-state index in [0.29, 0.717) is 5.82 Å². The Labute approximate surface area is 95.8 Å². The molecule has 0 bridgehead atoms. The second-order valence-electron chi connectivity index (χ2n) is 3.36. The summed E-state index contributed by atoms with van der Waals surface area (Å²) in [6.07, 6.45) is 3.23. The van der Waals surface area contributed by atoms with E-state index in [1.165, 1.54) is 10.9 Å². The zero-order valence-electron chi connectivity index (χ0n) is 8.29. The first-order valence-electron chi connectivity index (χ1n) is 4.74. The largest absolute Gasteiger partial charge is 0.382 e. The minimum atomic E-state index is 0.427. The number of hydrogen-bond acceptors (Lipinski definition) is 5. The number of nitrogens with two attached hydrogens (primary N) is 1. The molecule has 0 saturated carbocycles. The number of aromatic nitrogens is 3. The van der Waals surface area contributed by atoms with Crippen molar-refractivity contribution in [1.29, 1.82) is 0 Å². The average molecular weight is 228 g/mol. The summed E-state index contributed by atoms with van der Waals surface area (Å²) in [5.74, 6) is 0.427. The molecule has 16 heavy (non-hydrogen) atoms. The van der Waals surface area contributed by atoms with Gasteiger partial charge in [-0.2, -0.15) is 0 Å². The number of benzene rings is 1. The second-order valence-corrected chi connectivity index (χ2v) is 4.25. The van der Waals surface area contributed by atoms with Crippen molar-refractivity contribution in [2.45, 2.75) is 0 Å². The van der Waals surface area contributed by atoms with Crippen LogP contribution in [0.4, 0.5) is 5.82 Å². The van der Waals surface area contributed by atoms with Gasteiger partial charge in [-0.25, -0.2) is 9.97 Å². The molecule has 0 radical (unpaired) electrons. The van der Waals surface area contributed by atoms with Crippen molar-refractivity contribution in [3.8, 4) is 11.3 Å². The Bertz CT molecular complexity index is 647. The normalized spacial score (nSPS) is 10.8. The molecule has 2 aromatic heterocycles. The summed E-state index contributed by atoms with van der Waals surface area (Å²) in [4.78, 5) is 12.5. The molecule has 0 unspecified atom stereocenters. The summed E-state index contributed by atoms with van der Waals surface area (Å²) >= 11 is 1.62. The van der Waals surface area contributed by atoms with Crippen LogP contribution < -0.4 is 5.73 Å². The zero-order chi connectivity index (χ0) is 11.0. The number of nitrogen functional groups attached to an aromatic ring is 1. The summed E-state index contributed by atoms with van der Waals surface area (Å²) in [5.41, 5.74) is 10.2. The van der Waals surface area contributed by atoms with Crippen LogP contribution in [0, 0.1) is 0 Å². The first-order valence-corrected chi connectivity index (χ1v) is 5.62. The first-order chi connectivity index (χ1) is 7.83. The molecule has 0 amide bonds. The molecule has 2 N–H and O–H groups in total. The van der Waals surface area contributed by atoms with Crippen molar-refractivity contribution in [1.82, 2.24) is 15.0 Å². The lowest BCUT2D eigenvalue weighted by molar-refractivity contribution is 1.22. The minimum Gasteiger partial charge on any atom is -0.382 e. The van der Waals surface area contributed by atoms with Crippen LogP contribution in [0.15, 0.2) is 36.1 Å². The molecule has 0 fully saturated rings. The Morgan fingerprint density at radius 1 is 1.19 bits per heavy atom. The Morgan fingerprint density at radius 2 is 2.12 bits per heavy atom. The Morgan fingerprint density at radius 3 is 3.00 bits per heavy atom. The molecule has 4 nitrogen and oxygen atoms in total. The van der Waals surface area contributed by atoms with Crippen LogP contribution in [0.25, 0.3) is 21.5 Å². The number of hydrogen-bond donors (Lipinski definition) is 1. The van der Waals surface area contributed by atoms with Gasteiger partial charge >= 0.3 is 0 Å². The quantitative estimate of drug-likeness (QED) is 0.694. The molecule has 5 heteroatoms. The minimum absolute atomic E-state index is 0.427. The molecule has 0 aliphatic heterocycles. The average Bonchev–Trinajstić information content (AvgIpc) is 2.75. The van der Waals surface area contributed by atoms with E-state index in [4.69, 9.17) is 5.73 Å².